The van der Waals surface area contributed by atoms with Gasteiger partial charge in [0.2, 0.25) is 35.4 Å². The summed E-state index contributed by atoms with van der Waals surface area (Å²) >= 11 is 6.91. The van der Waals surface area contributed by atoms with E-state index in [9.17, 15) is 65.3 Å². The van der Waals surface area contributed by atoms with Crippen LogP contribution in [0.3, 0.4) is 0 Å². The molecule has 2 aliphatic heterocycles. The minimum atomic E-state index is -1.84. The van der Waals surface area contributed by atoms with Gasteiger partial charge in [0, 0.05) is 62.7 Å². The maximum atomic E-state index is 15.4. The summed E-state index contributed by atoms with van der Waals surface area (Å²) in [5.74, 6) is -4.44. The number of nitrogens with one attached hydrogen (secondary N) is 6. The van der Waals surface area contributed by atoms with Crippen LogP contribution in [-0.4, -0.2) is 250 Å². The van der Waals surface area contributed by atoms with E-state index >= 15 is 14.4 Å². The van der Waals surface area contributed by atoms with E-state index in [2.05, 4.69) is 38.0 Å². The molecule has 29 nitrogen and oxygen atoms in total. The van der Waals surface area contributed by atoms with E-state index in [1.54, 1.807) is 51.1 Å². The summed E-state index contributed by atoms with van der Waals surface area (Å²) in [5.41, 5.74) is -6.25. The van der Waals surface area contributed by atoms with Crippen LogP contribution in [0, 0.1) is 33.0 Å². The van der Waals surface area contributed by atoms with E-state index in [-0.39, 0.29) is 102 Å². The van der Waals surface area contributed by atoms with Crippen LogP contribution in [-0.2, 0) is 66.7 Å². The fourth-order valence-corrected chi connectivity index (χ4v) is 13.4. The first-order valence-electron chi connectivity index (χ1n) is 30.7. The number of amides is 6. The van der Waals surface area contributed by atoms with Crippen LogP contribution in [0.4, 0.5) is 0 Å². The number of hydrogen-bond donors (Lipinski definition) is 14. The summed E-state index contributed by atoms with van der Waals surface area (Å²) < 4.78 is 38.1. The first kappa shape index (κ1) is 81.1. The fraction of sp³-hybridized carbons (Fsp3) is 0.754. The summed E-state index contributed by atoms with van der Waals surface area (Å²) in [7, 11) is 0. The van der Waals surface area contributed by atoms with Gasteiger partial charge in [-0.25, -0.2) is 0 Å². The van der Waals surface area contributed by atoms with Crippen LogP contribution in [0.2, 0.25) is 0 Å². The first-order chi connectivity index (χ1) is 43.2. The van der Waals surface area contributed by atoms with Crippen molar-refractivity contribution >= 4 is 69.6 Å². The lowest BCUT2D eigenvalue weighted by Gasteiger charge is -2.45. The number of benzene rings is 1. The van der Waals surface area contributed by atoms with Gasteiger partial charge in [-0.2, -0.15) is 5.26 Å². The molecule has 6 amide bonds. The molecule has 92 heavy (non-hydrogen) atoms. The second kappa shape index (κ2) is 38.4. The lowest BCUT2D eigenvalue weighted by Crippen LogP contribution is -2.64. The predicted octanol–water partition coefficient (Wildman–Crippen LogP) is -1.51. The summed E-state index contributed by atoms with van der Waals surface area (Å²) in [6.07, 6.45) is -15.1. The van der Waals surface area contributed by atoms with Gasteiger partial charge in [0.15, 0.2) is 12.6 Å². The highest BCUT2D eigenvalue weighted by molar-refractivity contribution is 8.25. The van der Waals surface area contributed by atoms with E-state index in [1.165, 1.54) is 48.5 Å². The van der Waals surface area contributed by atoms with Crippen molar-refractivity contribution in [3.05, 3.63) is 35.9 Å². The SMILES string of the molecule is CCOC(=O)CCC(C)(C#N)CC(C)(CC(C)(CC(C)(CC(C)(SC(=S)c1ccccc1)C(=O)NCC(C)O)C(=O)NCCOCCO[C@@H]1O[C@H](CO)[C@@H](O)[C@H](O)[C@H]1NC(C)=O)C(=O)NCC(C)O)C(=O)NCCOCCO[C@@H]1O[C@H](CO)[C@@H](O)[C@H](O)[C@H]1NC(C)=O. The lowest BCUT2D eigenvalue weighted by molar-refractivity contribution is -0.272. The predicted molar refractivity (Wildman–Crippen MR) is 336 cm³/mol. The number of carbonyl (C=O) groups is 7. The fourth-order valence-electron chi connectivity index (χ4n) is 11.5. The Morgan fingerprint density at radius 2 is 1.05 bits per heavy atom. The second-order valence-corrected chi connectivity index (χ2v) is 27.0. The van der Waals surface area contributed by atoms with Gasteiger partial charge in [0.05, 0.1) is 92.1 Å². The van der Waals surface area contributed by atoms with Gasteiger partial charge < -0.3 is 106 Å². The molecule has 0 radical (unpaired) electrons. The Labute approximate surface area is 547 Å². The monoisotopic (exact) mass is 1350 g/mol. The second-order valence-electron chi connectivity index (χ2n) is 24.8. The molecule has 0 spiro atoms. The Kier molecular flexibility index (Phi) is 33.9. The van der Waals surface area contributed by atoms with Crippen molar-refractivity contribution in [2.24, 2.45) is 21.7 Å². The van der Waals surface area contributed by atoms with Gasteiger partial charge in [0.25, 0.3) is 0 Å². The largest absolute Gasteiger partial charge is 0.466 e. The number of esters is 1. The molecule has 14 N–H and O–H groups in total. The van der Waals surface area contributed by atoms with E-state index in [4.69, 9.17) is 45.4 Å². The summed E-state index contributed by atoms with van der Waals surface area (Å²) in [6.45, 7) is 11.6. The van der Waals surface area contributed by atoms with Crippen molar-refractivity contribution in [1.29, 1.82) is 5.26 Å². The maximum absolute atomic E-state index is 15.4. The van der Waals surface area contributed by atoms with Crippen LogP contribution in [0.15, 0.2) is 30.3 Å². The molecule has 17 atom stereocenters. The van der Waals surface area contributed by atoms with Crippen LogP contribution in [0.5, 0.6) is 0 Å². The average Bonchev–Trinajstić information content (AvgIpc) is 0.780. The van der Waals surface area contributed by atoms with Gasteiger partial charge >= 0.3 is 5.97 Å². The number of ether oxygens (including phenoxy) is 7. The quantitative estimate of drug-likeness (QED) is 0.0202. The number of thiocarbonyl (C=S) groups is 1. The molecule has 31 heteroatoms. The standard InChI is InChI=1S/C61H99N7O22S2/c1-11-86-43(75)17-18-57(6,35-62)31-58(7,53(80)63-19-21-84-23-25-87-50-44(67-38(4)73)48(78)46(76)41(29-69)89-50)32-59(8,55(82)65-27-36(2)71)33-60(9,34-61(10,56(83)66-28-37(3)72)92-52(91)40-15-13-12-14-16-40)54(81)64-20-22-85-24-26-88-51-45(68-39(5)74)49(79)47(77)42(30-70)90-51/h12-16,36-37,41-42,44-51,69-72,76-79H,11,17-34H2,1-10H3,(H,63,80)(H,64,81)(H,65,82)(H,66,83)(H,67,73)(H,68,74)/t36?,37?,41-,42-,44-,45-,46-,47-,48-,49-,50-,51-,57?,58?,59?,60?,61?/m1/s1. The Hall–Kier alpha value is -5.12. The third kappa shape index (κ3) is 25.2. The van der Waals surface area contributed by atoms with Crippen LogP contribution in [0.25, 0.3) is 0 Å². The van der Waals surface area contributed by atoms with Crippen molar-refractivity contribution in [3.8, 4) is 6.07 Å². The number of aliphatic hydroxyl groups excluding tert-OH is 8. The molecule has 0 saturated carbocycles. The van der Waals surface area contributed by atoms with Gasteiger partial charge in [-0.1, -0.05) is 75.1 Å². The minimum Gasteiger partial charge on any atom is -0.466 e. The molecular formula is C61H99N7O22S2. The number of rotatable bonds is 40. The normalized spacial score (nSPS) is 25.4. The van der Waals surface area contributed by atoms with Crippen LogP contribution >= 0.6 is 24.0 Å². The van der Waals surface area contributed by atoms with Crippen molar-refractivity contribution in [2.75, 3.05) is 85.6 Å². The summed E-state index contributed by atoms with van der Waals surface area (Å²) in [5, 5.41) is 110. The zero-order chi connectivity index (χ0) is 69.2. The molecule has 522 valence electrons. The highest BCUT2D eigenvalue weighted by Gasteiger charge is 2.55. The maximum Gasteiger partial charge on any atom is 0.305 e. The minimum absolute atomic E-state index is 0.0666. The van der Waals surface area contributed by atoms with Gasteiger partial charge in [-0.15, -0.1) is 0 Å². The molecule has 1 aromatic rings. The molecule has 0 aromatic heterocycles. The topological polar surface area (TPSA) is 442 Å². The number of nitriles is 1. The molecule has 2 saturated heterocycles. The molecular weight excluding hydrogens is 1250 g/mol. The van der Waals surface area contributed by atoms with Crippen molar-refractivity contribution in [2.45, 2.75) is 186 Å². The number of thioether (sulfide) groups is 1. The van der Waals surface area contributed by atoms with Crippen LogP contribution in [0.1, 0.15) is 113 Å². The van der Waals surface area contributed by atoms with E-state index in [1.807, 2.05) is 0 Å². The molecule has 2 fully saturated rings. The molecule has 2 aliphatic rings. The third-order valence-corrected chi connectivity index (χ3v) is 17.4. The summed E-state index contributed by atoms with van der Waals surface area (Å²) in [6, 6.07) is 8.63. The van der Waals surface area contributed by atoms with E-state index < -0.39 is 167 Å². The number of hydrogen-bond acceptors (Lipinski definition) is 25. The zero-order valence-corrected chi connectivity index (χ0v) is 55.9. The van der Waals surface area contributed by atoms with Gasteiger partial charge in [0.1, 0.15) is 48.7 Å². The third-order valence-electron chi connectivity index (χ3n) is 15.7. The Bertz CT molecular complexity index is 2590. The van der Waals surface area contributed by atoms with Crippen molar-refractivity contribution in [3.63, 3.8) is 0 Å². The number of aliphatic hydroxyl groups is 8. The average molecular weight is 1350 g/mol. The highest BCUT2D eigenvalue weighted by atomic mass is 32.2. The molecule has 0 bridgehead atoms. The zero-order valence-electron chi connectivity index (χ0n) is 54.3. The molecule has 3 rings (SSSR count). The van der Waals surface area contributed by atoms with E-state index in [0.29, 0.717) is 5.56 Å². The lowest BCUT2D eigenvalue weighted by atomic mass is 9.59. The highest BCUT2D eigenvalue weighted by Crippen LogP contribution is 2.52. The van der Waals surface area contributed by atoms with Gasteiger partial charge in [-0.3, -0.25) is 33.6 Å². The van der Waals surface area contributed by atoms with Gasteiger partial charge in [-0.05, 0) is 72.3 Å². The Morgan fingerprint density at radius 1 is 0.630 bits per heavy atom. The smallest absolute Gasteiger partial charge is 0.305 e. The molecule has 0 aliphatic carbocycles. The Morgan fingerprint density at radius 3 is 1.47 bits per heavy atom. The number of nitrogens with zero attached hydrogens (tertiary/aromatic N) is 1. The van der Waals surface area contributed by atoms with Crippen molar-refractivity contribution < 1.29 is 108 Å². The summed E-state index contributed by atoms with van der Waals surface area (Å²) in [4.78, 5) is 97.1. The van der Waals surface area contributed by atoms with Crippen molar-refractivity contribution in [1.82, 2.24) is 31.9 Å². The molecule has 2 heterocycles. The molecule has 1 aromatic carbocycles. The van der Waals surface area contributed by atoms with E-state index in [0.717, 1.165) is 11.8 Å². The Balaban J connectivity index is 2.10. The molecule has 7 unspecified atom stereocenters. The number of carbonyl (C=O) groups excluding carboxylic acids is 7. The van der Waals surface area contributed by atoms with Crippen LogP contribution < -0.4 is 31.9 Å². The first-order valence-corrected chi connectivity index (χ1v) is 31.9.